The van der Waals surface area contributed by atoms with Crippen LogP contribution in [0.25, 0.3) is 10.8 Å². The highest BCUT2D eigenvalue weighted by atomic mass is 16.6. The van der Waals surface area contributed by atoms with Gasteiger partial charge < -0.3 is 35.6 Å². The maximum atomic E-state index is 13.6. The Morgan fingerprint density at radius 3 is 2.44 bits per heavy atom. The van der Waals surface area contributed by atoms with Crippen LogP contribution in [-0.2, 0) is 4.74 Å². The number of nitrogens with zero attached hydrogens (tertiary/aromatic N) is 2. The van der Waals surface area contributed by atoms with Gasteiger partial charge in [-0.1, -0.05) is 48.2 Å². The molecule has 3 aliphatic heterocycles. The minimum absolute atomic E-state index is 0.0961. The molecule has 0 spiro atoms. The zero-order chi connectivity index (χ0) is 35.5. The van der Waals surface area contributed by atoms with Crippen molar-refractivity contribution in [2.45, 2.75) is 83.6 Å². The van der Waals surface area contributed by atoms with Gasteiger partial charge in [-0.3, -0.25) is 4.79 Å². The first-order chi connectivity index (χ1) is 23.9. The van der Waals surface area contributed by atoms with E-state index in [-0.39, 0.29) is 24.1 Å². The van der Waals surface area contributed by atoms with Crippen molar-refractivity contribution < 1.29 is 19.4 Å². The van der Waals surface area contributed by atoms with E-state index in [0.717, 1.165) is 91.6 Å². The largest absolute Gasteiger partial charge is 0.444 e. The summed E-state index contributed by atoms with van der Waals surface area (Å²) in [4.78, 5) is 30.0. The molecule has 3 saturated heterocycles. The third-order valence-electron chi connectivity index (χ3n) is 10.2. The van der Waals surface area contributed by atoms with Crippen LogP contribution >= 0.6 is 0 Å². The van der Waals surface area contributed by atoms with Crippen molar-refractivity contribution >= 4 is 28.5 Å². The second-order valence-electron chi connectivity index (χ2n) is 15.5. The molecule has 6 rings (SSSR count). The molecule has 0 aliphatic carbocycles. The number of nitrogens with one attached hydrogen (secondary N) is 3. The van der Waals surface area contributed by atoms with Crippen LogP contribution in [-0.4, -0.2) is 90.0 Å². The maximum absolute atomic E-state index is 13.6. The normalized spacial score (nSPS) is 19.2. The van der Waals surface area contributed by atoms with Crippen molar-refractivity contribution in [1.29, 1.82) is 0 Å². The fraction of sp³-hybridized carbons (Fsp3) is 0.512. The molecule has 0 unspecified atom stereocenters. The van der Waals surface area contributed by atoms with E-state index in [2.05, 4.69) is 57.0 Å². The Labute approximate surface area is 297 Å². The minimum Gasteiger partial charge on any atom is -0.444 e. The monoisotopic (exact) mass is 679 g/mol. The number of piperidine rings is 2. The van der Waals surface area contributed by atoms with E-state index in [4.69, 9.17) is 4.74 Å². The van der Waals surface area contributed by atoms with Crippen LogP contribution in [0.3, 0.4) is 0 Å². The lowest BCUT2D eigenvalue weighted by Gasteiger charge is -2.40. The van der Waals surface area contributed by atoms with Crippen LogP contribution in [0.1, 0.15) is 86.5 Å². The Hall–Kier alpha value is -4.10. The lowest BCUT2D eigenvalue weighted by atomic mass is 9.89. The number of amides is 2. The molecular weight excluding hydrogens is 626 g/mol. The number of likely N-dealkylation sites (tertiary alicyclic amines) is 2. The summed E-state index contributed by atoms with van der Waals surface area (Å²) in [5.74, 6) is 7.28. The van der Waals surface area contributed by atoms with Crippen LogP contribution in [0.5, 0.6) is 0 Å². The molecule has 3 heterocycles. The summed E-state index contributed by atoms with van der Waals surface area (Å²) in [6.45, 7) is 15.1. The predicted octanol–water partition coefficient (Wildman–Crippen LogP) is 5.85. The predicted molar refractivity (Wildman–Crippen MR) is 199 cm³/mol. The van der Waals surface area contributed by atoms with Gasteiger partial charge in [-0.05, 0) is 127 Å². The molecule has 3 fully saturated rings. The van der Waals surface area contributed by atoms with E-state index >= 15 is 0 Å². The Balaban J connectivity index is 1.07. The lowest BCUT2D eigenvalue weighted by Crippen LogP contribution is -2.57. The van der Waals surface area contributed by atoms with Gasteiger partial charge in [-0.15, -0.1) is 0 Å². The molecule has 2 amide bonds. The Morgan fingerprint density at radius 2 is 1.74 bits per heavy atom. The fourth-order valence-corrected chi connectivity index (χ4v) is 7.28. The third-order valence-corrected chi connectivity index (χ3v) is 10.2. The zero-order valence-electron chi connectivity index (χ0n) is 30.3. The van der Waals surface area contributed by atoms with E-state index in [1.54, 1.807) is 4.90 Å². The van der Waals surface area contributed by atoms with Crippen LogP contribution in [0.2, 0.25) is 0 Å². The molecule has 0 aromatic heterocycles. The van der Waals surface area contributed by atoms with Crippen LogP contribution in [0, 0.1) is 24.7 Å². The molecule has 0 radical (unpaired) electrons. The topological polar surface area (TPSA) is 106 Å². The highest BCUT2D eigenvalue weighted by Gasteiger charge is 2.34. The summed E-state index contributed by atoms with van der Waals surface area (Å²) in [6, 6.07) is 18.2. The summed E-state index contributed by atoms with van der Waals surface area (Å²) >= 11 is 0. The molecule has 9 heteroatoms. The number of β-amino-alcohol motifs (C(OH)–C–C–N with tert-alkyl or cyclic N) is 1. The van der Waals surface area contributed by atoms with E-state index in [0.29, 0.717) is 24.6 Å². The molecule has 4 N–H and O–H groups in total. The van der Waals surface area contributed by atoms with Gasteiger partial charge in [-0.25, -0.2) is 4.79 Å². The lowest BCUT2D eigenvalue weighted by molar-refractivity contribution is -0.0261. The average Bonchev–Trinajstić information content (AvgIpc) is 3.05. The van der Waals surface area contributed by atoms with Crippen molar-refractivity contribution in [2.75, 3.05) is 51.1 Å². The second kappa shape index (κ2) is 15.0. The Kier molecular flexibility index (Phi) is 10.7. The van der Waals surface area contributed by atoms with Gasteiger partial charge in [0, 0.05) is 42.4 Å². The van der Waals surface area contributed by atoms with Gasteiger partial charge in [0.2, 0.25) is 0 Å². The summed E-state index contributed by atoms with van der Waals surface area (Å²) in [5.41, 5.74) is 3.33. The summed E-state index contributed by atoms with van der Waals surface area (Å²) < 4.78 is 5.47. The standard InChI is InChI=1S/C41H53N5O4/c1-28-10-14-32(44-33-25-46(26-33)39(48)50-40(3,4)5)24-37(28)38(47)43-29(2)34-15-13-31(35-8-6-7-9-36(34)35)12-11-30-16-22-45(23-17-30)27-41(49)18-20-42-21-19-41/h6-10,13-15,24,29-30,33,42,44,49H,16-23,25-27H2,1-5H3,(H,43,47)/t29-/m1/s1. The van der Waals surface area contributed by atoms with Crippen LogP contribution in [0.4, 0.5) is 10.5 Å². The first-order valence-corrected chi connectivity index (χ1v) is 18.2. The van der Waals surface area contributed by atoms with Crippen molar-refractivity contribution in [2.24, 2.45) is 5.92 Å². The first kappa shape index (κ1) is 35.7. The van der Waals surface area contributed by atoms with Crippen LogP contribution in [0.15, 0.2) is 54.6 Å². The van der Waals surface area contributed by atoms with E-state index < -0.39 is 11.2 Å². The SMILES string of the molecule is Cc1ccc(NC2CN(C(=O)OC(C)(C)C)C2)cc1C(=O)N[C@H](C)c1ccc(C#CC2CCN(CC3(O)CCNCC3)CC2)c2ccccc12. The number of fused-ring (bicyclic) bond motifs is 1. The van der Waals surface area contributed by atoms with Gasteiger partial charge in [0.25, 0.3) is 5.91 Å². The van der Waals surface area contributed by atoms with Crippen molar-refractivity contribution in [3.8, 4) is 11.8 Å². The highest BCUT2D eigenvalue weighted by molar-refractivity contribution is 5.97. The average molecular weight is 680 g/mol. The number of hydrogen-bond acceptors (Lipinski definition) is 7. The highest BCUT2D eigenvalue weighted by Crippen LogP contribution is 2.29. The number of aliphatic hydroxyl groups is 1. The maximum Gasteiger partial charge on any atom is 0.410 e. The molecule has 3 aromatic rings. The molecule has 0 bridgehead atoms. The smallest absolute Gasteiger partial charge is 0.410 e. The molecule has 50 heavy (non-hydrogen) atoms. The number of benzene rings is 3. The number of carbonyl (C=O) groups is 2. The number of aryl methyl sites for hydroxylation is 1. The van der Waals surface area contributed by atoms with Gasteiger partial charge in [0.05, 0.1) is 17.7 Å². The van der Waals surface area contributed by atoms with E-state index in [1.165, 1.54) is 0 Å². The quantitative estimate of drug-likeness (QED) is 0.232. The van der Waals surface area contributed by atoms with E-state index in [9.17, 15) is 14.7 Å². The molecular formula is C41H53N5O4. The van der Waals surface area contributed by atoms with Gasteiger partial charge in [0.15, 0.2) is 0 Å². The summed E-state index contributed by atoms with van der Waals surface area (Å²) in [5, 5.41) is 23.2. The Bertz CT molecular complexity index is 1750. The molecule has 1 atom stereocenters. The number of hydrogen-bond donors (Lipinski definition) is 4. The van der Waals surface area contributed by atoms with Crippen molar-refractivity contribution in [1.82, 2.24) is 20.4 Å². The molecule has 9 nitrogen and oxygen atoms in total. The molecule has 0 saturated carbocycles. The van der Waals surface area contributed by atoms with Crippen molar-refractivity contribution in [3.05, 3.63) is 76.9 Å². The molecule has 266 valence electrons. The minimum atomic E-state index is -0.564. The number of rotatable bonds is 7. The summed E-state index contributed by atoms with van der Waals surface area (Å²) in [7, 11) is 0. The Morgan fingerprint density at radius 1 is 1.04 bits per heavy atom. The molecule has 3 aromatic carbocycles. The summed E-state index contributed by atoms with van der Waals surface area (Å²) in [6.07, 6.45) is 3.37. The number of carbonyl (C=O) groups excluding carboxylic acids is 2. The first-order valence-electron chi connectivity index (χ1n) is 18.2. The van der Waals surface area contributed by atoms with Gasteiger partial charge in [-0.2, -0.15) is 0 Å². The number of anilines is 1. The third kappa shape index (κ3) is 8.79. The second-order valence-corrected chi connectivity index (χ2v) is 15.5. The number of ether oxygens (including phenoxy) is 1. The van der Waals surface area contributed by atoms with Gasteiger partial charge >= 0.3 is 6.09 Å². The van der Waals surface area contributed by atoms with Crippen molar-refractivity contribution in [3.63, 3.8) is 0 Å². The van der Waals surface area contributed by atoms with Gasteiger partial charge in [0.1, 0.15) is 5.60 Å². The van der Waals surface area contributed by atoms with Crippen LogP contribution < -0.4 is 16.0 Å². The van der Waals surface area contributed by atoms with E-state index in [1.807, 2.05) is 65.0 Å². The fourth-order valence-electron chi connectivity index (χ4n) is 7.28. The molecule has 3 aliphatic rings. The zero-order valence-corrected chi connectivity index (χ0v) is 30.3.